The zero-order valence-corrected chi connectivity index (χ0v) is 17.1. The zero-order chi connectivity index (χ0) is 19.9. The summed E-state index contributed by atoms with van der Waals surface area (Å²) in [7, 11) is 0. The summed E-state index contributed by atoms with van der Waals surface area (Å²) < 4.78 is 0. The molecule has 0 saturated heterocycles. The molecule has 4 rings (SSSR count). The van der Waals surface area contributed by atoms with Crippen molar-refractivity contribution >= 4 is 5.78 Å². The second-order valence-corrected chi connectivity index (χ2v) is 10.3. The van der Waals surface area contributed by atoms with Gasteiger partial charge in [-0.25, -0.2) is 0 Å². The third-order valence-corrected chi connectivity index (χ3v) is 9.53. The molecule has 0 radical (unpaired) electrons. The van der Waals surface area contributed by atoms with Crippen molar-refractivity contribution < 1.29 is 4.79 Å². The number of fused-ring (bicyclic) bond motifs is 5. The standard InChI is InChI=1S/C21H32N6O/c1-20-9-7-14(25-27-23)11-13(20)3-4-15-16-5-6-18(19(28)12-24-26-22)21(16,2)10-8-17(15)20/h13-18H,3-12H2,1-2H3/t13-,14?,15-,16-,17-,18+,20-,21-/m0/s1. The van der Waals surface area contributed by atoms with Crippen molar-refractivity contribution in [1.82, 2.24) is 0 Å². The second-order valence-electron chi connectivity index (χ2n) is 10.3. The quantitative estimate of drug-likeness (QED) is 0.320. The first kappa shape index (κ1) is 19.6. The average Bonchev–Trinajstić information content (AvgIpc) is 3.04. The van der Waals surface area contributed by atoms with Gasteiger partial charge in [-0.2, -0.15) is 0 Å². The molecule has 4 saturated carbocycles. The van der Waals surface area contributed by atoms with Gasteiger partial charge in [-0.3, -0.25) is 4.79 Å². The van der Waals surface area contributed by atoms with Crippen LogP contribution in [0.5, 0.6) is 0 Å². The van der Waals surface area contributed by atoms with Crippen LogP contribution in [0.4, 0.5) is 0 Å². The van der Waals surface area contributed by atoms with Crippen LogP contribution in [-0.4, -0.2) is 18.4 Å². The van der Waals surface area contributed by atoms with E-state index < -0.39 is 0 Å². The van der Waals surface area contributed by atoms with Gasteiger partial charge in [0.2, 0.25) is 0 Å². The molecule has 0 aromatic carbocycles. The lowest BCUT2D eigenvalue weighted by molar-refractivity contribution is -0.134. The molecular weight excluding hydrogens is 352 g/mol. The van der Waals surface area contributed by atoms with Crippen LogP contribution in [-0.2, 0) is 4.79 Å². The lowest BCUT2D eigenvalue weighted by Gasteiger charge is -2.61. The molecular formula is C21H32N6O. The van der Waals surface area contributed by atoms with Crippen molar-refractivity contribution in [2.75, 3.05) is 6.54 Å². The normalized spacial score (nSPS) is 46.9. The number of carbonyl (C=O) groups excluding carboxylic acids is 1. The van der Waals surface area contributed by atoms with Crippen molar-refractivity contribution in [3.63, 3.8) is 0 Å². The second kappa shape index (κ2) is 7.27. The molecule has 7 heteroatoms. The Bertz CT molecular complexity index is 741. The summed E-state index contributed by atoms with van der Waals surface area (Å²) in [4.78, 5) is 18.6. The molecule has 7 nitrogen and oxygen atoms in total. The minimum atomic E-state index is 0.0121. The molecule has 4 aliphatic rings. The van der Waals surface area contributed by atoms with E-state index in [-0.39, 0.29) is 29.7 Å². The van der Waals surface area contributed by atoms with E-state index in [1.165, 1.54) is 25.7 Å². The fourth-order valence-corrected chi connectivity index (χ4v) is 8.15. The number of rotatable bonds is 4. The Morgan fingerprint density at radius 2 is 1.71 bits per heavy atom. The van der Waals surface area contributed by atoms with Crippen molar-refractivity contribution in [3.8, 4) is 0 Å². The third kappa shape index (κ3) is 2.91. The van der Waals surface area contributed by atoms with Crippen LogP contribution in [0.3, 0.4) is 0 Å². The third-order valence-electron chi connectivity index (χ3n) is 9.53. The summed E-state index contributed by atoms with van der Waals surface area (Å²) >= 11 is 0. The molecule has 4 fully saturated rings. The molecule has 0 spiro atoms. The van der Waals surface area contributed by atoms with E-state index in [4.69, 9.17) is 11.1 Å². The van der Waals surface area contributed by atoms with Gasteiger partial charge in [0.15, 0.2) is 0 Å². The monoisotopic (exact) mass is 384 g/mol. The smallest absolute Gasteiger partial charge is 0.142 e. The van der Waals surface area contributed by atoms with E-state index in [0.29, 0.717) is 23.2 Å². The molecule has 0 aliphatic heterocycles. The lowest BCUT2D eigenvalue weighted by Crippen LogP contribution is -2.54. The van der Waals surface area contributed by atoms with Gasteiger partial charge in [-0.15, -0.1) is 0 Å². The van der Waals surface area contributed by atoms with E-state index in [1.54, 1.807) is 0 Å². The van der Waals surface area contributed by atoms with Gasteiger partial charge in [0.25, 0.3) is 0 Å². The predicted molar refractivity (Wildman–Crippen MR) is 107 cm³/mol. The molecule has 1 unspecified atom stereocenters. The lowest BCUT2D eigenvalue weighted by atomic mass is 9.44. The highest BCUT2D eigenvalue weighted by Crippen LogP contribution is 2.67. The maximum absolute atomic E-state index is 12.7. The number of hydrogen-bond acceptors (Lipinski definition) is 3. The number of Topliss-reactive ketones (excluding diaryl/α,β-unsaturated/α-hetero) is 1. The molecule has 8 atom stereocenters. The highest BCUT2D eigenvalue weighted by Gasteiger charge is 2.60. The summed E-state index contributed by atoms with van der Waals surface area (Å²) in [6.45, 7) is 4.85. The molecule has 0 aromatic rings. The largest absolute Gasteiger partial charge is 0.299 e. The minimum Gasteiger partial charge on any atom is -0.299 e. The van der Waals surface area contributed by atoms with Crippen molar-refractivity contribution in [2.24, 2.45) is 50.6 Å². The van der Waals surface area contributed by atoms with Gasteiger partial charge in [0.05, 0.1) is 6.54 Å². The van der Waals surface area contributed by atoms with Gasteiger partial charge in [-0.05, 0) is 103 Å². The van der Waals surface area contributed by atoms with Crippen LogP contribution in [0.25, 0.3) is 20.9 Å². The Kier molecular flexibility index (Phi) is 5.09. The molecule has 152 valence electrons. The van der Waals surface area contributed by atoms with Crippen LogP contribution >= 0.6 is 0 Å². The van der Waals surface area contributed by atoms with Crippen LogP contribution < -0.4 is 0 Å². The van der Waals surface area contributed by atoms with E-state index in [9.17, 15) is 4.79 Å². The Hall–Kier alpha value is -1.71. The van der Waals surface area contributed by atoms with Gasteiger partial charge in [0.1, 0.15) is 5.78 Å². The first-order valence-corrected chi connectivity index (χ1v) is 11.0. The Morgan fingerprint density at radius 3 is 2.46 bits per heavy atom. The Labute approximate surface area is 166 Å². The van der Waals surface area contributed by atoms with Gasteiger partial charge < -0.3 is 0 Å². The molecule has 28 heavy (non-hydrogen) atoms. The van der Waals surface area contributed by atoms with E-state index in [2.05, 4.69) is 33.9 Å². The maximum Gasteiger partial charge on any atom is 0.142 e. The van der Waals surface area contributed by atoms with Crippen molar-refractivity contribution in [3.05, 3.63) is 20.9 Å². The first-order valence-electron chi connectivity index (χ1n) is 11.0. The molecule has 0 bridgehead atoms. The molecule has 0 heterocycles. The van der Waals surface area contributed by atoms with E-state index in [0.717, 1.165) is 38.0 Å². The van der Waals surface area contributed by atoms with Crippen LogP contribution in [0.15, 0.2) is 10.2 Å². The van der Waals surface area contributed by atoms with E-state index in [1.807, 2.05) is 0 Å². The number of azide groups is 2. The minimum absolute atomic E-state index is 0.0121. The zero-order valence-electron chi connectivity index (χ0n) is 17.1. The fraction of sp³-hybridized carbons (Fsp3) is 0.952. The highest BCUT2D eigenvalue weighted by atomic mass is 16.1. The number of ketones is 1. The maximum atomic E-state index is 12.7. The van der Waals surface area contributed by atoms with Crippen LogP contribution in [0.2, 0.25) is 0 Å². The van der Waals surface area contributed by atoms with Crippen molar-refractivity contribution in [1.29, 1.82) is 0 Å². The Balaban J connectivity index is 1.54. The SMILES string of the molecule is C[C@]12CCC(N=[N+]=[N-])C[C@@H]1CC[C@@H]1[C@@H]2CC[C@]2(C)[C@@H](C(=O)CN=[N+]=[N-])CC[C@@H]12. The molecule has 4 aliphatic carbocycles. The summed E-state index contributed by atoms with van der Waals surface area (Å²) in [5.41, 5.74) is 17.8. The number of nitrogens with zero attached hydrogens (tertiary/aromatic N) is 6. The van der Waals surface area contributed by atoms with E-state index >= 15 is 0 Å². The van der Waals surface area contributed by atoms with Gasteiger partial charge in [-0.1, -0.05) is 24.1 Å². The molecule has 0 amide bonds. The fourth-order valence-electron chi connectivity index (χ4n) is 8.15. The summed E-state index contributed by atoms with van der Waals surface area (Å²) in [5.74, 6) is 2.96. The molecule has 0 aromatic heterocycles. The highest BCUT2D eigenvalue weighted by molar-refractivity contribution is 5.84. The Morgan fingerprint density at radius 1 is 0.964 bits per heavy atom. The topological polar surface area (TPSA) is 115 Å². The van der Waals surface area contributed by atoms with Crippen LogP contribution in [0, 0.1) is 40.4 Å². The first-order chi connectivity index (χ1) is 13.4. The molecule has 0 N–H and O–H groups in total. The predicted octanol–water partition coefficient (Wildman–Crippen LogP) is 6.20. The number of carbonyl (C=O) groups is 1. The average molecular weight is 385 g/mol. The van der Waals surface area contributed by atoms with Crippen LogP contribution in [0.1, 0.15) is 71.6 Å². The van der Waals surface area contributed by atoms with Crippen molar-refractivity contribution in [2.45, 2.75) is 77.7 Å². The summed E-state index contributed by atoms with van der Waals surface area (Å²) in [6.07, 6.45) is 10.2. The number of hydrogen-bond donors (Lipinski definition) is 0. The van der Waals surface area contributed by atoms with Gasteiger partial charge in [0, 0.05) is 21.8 Å². The summed E-state index contributed by atoms with van der Waals surface area (Å²) in [5, 5.41) is 7.59. The van der Waals surface area contributed by atoms with Gasteiger partial charge >= 0.3 is 0 Å². The summed E-state index contributed by atoms with van der Waals surface area (Å²) in [6, 6.07) is 0.183.